The number of rotatable bonds is 4. The van der Waals surface area contributed by atoms with Crippen LogP contribution in [0.15, 0.2) is 0 Å². The van der Waals surface area contributed by atoms with Crippen molar-refractivity contribution >= 4 is 0 Å². The summed E-state index contributed by atoms with van der Waals surface area (Å²) in [6, 6.07) is 1.39. The summed E-state index contributed by atoms with van der Waals surface area (Å²) in [6.07, 6.45) is 1.26. The smallest absolute Gasteiger partial charge is 0.00412 e. The lowest BCUT2D eigenvalue weighted by molar-refractivity contribution is 0.175. The maximum absolute atomic E-state index is 2.51. The quantitative estimate of drug-likeness (QED) is 0.647. The van der Waals surface area contributed by atoms with Gasteiger partial charge in [-0.05, 0) is 40.7 Å². The van der Waals surface area contributed by atoms with Crippen LogP contribution in [0.4, 0.5) is 0 Å². The topological polar surface area (TPSA) is 3.24 Å². The average molecular weight is 203 g/mol. The van der Waals surface area contributed by atoms with Crippen LogP contribution in [-0.4, -0.2) is 23.5 Å². The van der Waals surface area contributed by atoms with Crippen LogP contribution in [0, 0.1) is 0 Å². The van der Waals surface area contributed by atoms with E-state index >= 15 is 0 Å². The molecule has 0 aliphatic heterocycles. The molecule has 0 unspecified atom stereocenters. The third-order valence-electron chi connectivity index (χ3n) is 1.81. The molecule has 0 amide bonds. The first kappa shape index (κ1) is 19.5. The molecule has 14 heavy (non-hydrogen) atoms. The summed E-state index contributed by atoms with van der Waals surface area (Å²) < 4.78 is 0. The summed E-state index contributed by atoms with van der Waals surface area (Å²) in [5.74, 6) is 0. The van der Waals surface area contributed by atoms with Crippen molar-refractivity contribution in [1.29, 1.82) is 0 Å². The van der Waals surface area contributed by atoms with Crippen LogP contribution in [0.25, 0.3) is 0 Å². The van der Waals surface area contributed by atoms with Gasteiger partial charge in [0.15, 0.2) is 0 Å². The molecular weight excluding hydrogens is 170 g/mol. The average Bonchev–Trinajstić information content (AvgIpc) is 2.19. The summed E-state index contributed by atoms with van der Waals surface area (Å²) in [7, 11) is 0. The molecule has 0 saturated heterocycles. The lowest BCUT2D eigenvalue weighted by Gasteiger charge is -2.29. The second-order valence-corrected chi connectivity index (χ2v) is 3.43. The molecule has 0 aromatic heterocycles. The van der Waals surface area contributed by atoms with Gasteiger partial charge < -0.3 is 0 Å². The van der Waals surface area contributed by atoms with E-state index in [9.17, 15) is 0 Å². The van der Waals surface area contributed by atoms with Crippen molar-refractivity contribution in [2.24, 2.45) is 0 Å². The van der Waals surface area contributed by atoms with E-state index < -0.39 is 0 Å². The third-order valence-corrected chi connectivity index (χ3v) is 1.81. The van der Waals surface area contributed by atoms with Gasteiger partial charge in [-0.15, -0.1) is 0 Å². The van der Waals surface area contributed by atoms with Crippen molar-refractivity contribution in [2.75, 3.05) is 6.54 Å². The Hall–Kier alpha value is -0.0400. The fourth-order valence-corrected chi connectivity index (χ4v) is 1.37. The zero-order valence-corrected chi connectivity index (χ0v) is 12.0. The Morgan fingerprint density at radius 3 is 1.14 bits per heavy atom. The third kappa shape index (κ3) is 12.0. The van der Waals surface area contributed by atoms with Gasteiger partial charge in [0, 0.05) is 12.1 Å². The van der Waals surface area contributed by atoms with Gasteiger partial charge >= 0.3 is 0 Å². The highest BCUT2D eigenvalue weighted by atomic mass is 15.2. The highest BCUT2D eigenvalue weighted by molar-refractivity contribution is 4.65. The van der Waals surface area contributed by atoms with Gasteiger partial charge in [0.05, 0.1) is 0 Å². The molecule has 90 valence electrons. The molecule has 0 saturated carbocycles. The molecule has 0 aliphatic carbocycles. The maximum atomic E-state index is 2.51. The monoisotopic (exact) mass is 203 g/mol. The van der Waals surface area contributed by atoms with Crippen molar-refractivity contribution in [3.05, 3.63) is 0 Å². The van der Waals surface area contributed by atoms with Gasteiger partial charge in [-0.3, -0.25) is 4.90 Å². The van der Waals surface area contributed by atoms with Crippen molar-refractivity contribution < 1.29 is 0 Å². The minimum absolute atomic E-state index is 0.694. The SMILES string of the molecule is CC.CC.CCCN(C(C)C)C(C)C. The van der Waals surface area contributed by atoms with E-state index in [-0.39, 0.29) is 0 Å². The Kier molecular flexibility index (Phi) is 21.5. The van der Waals surface area contributed by atoms with Crippen LogP contribution >= 0.6 is 0 Å². The Balaban J connectivity index is -0.000000266. The predicted molar refractivity (Wildman–Crippen MR) is 70.0 cm³/mol. The van der Waals surface area contributed by atoms with E-state index in [0.717, 1.165) is 0 Å². The minimum Gasteiger partial charge on any atom is -0.299 e. The molecular formula is C13H33N. The van der Waals surface area contributed by atoms with Gasteiger partial charge in [0.1, 0.15) is 0 Å². The molecule has 0 aromatic rings. The molecule has 1 nitrogen and oxygen atoms in total. The molecule has 0 spiro atoms. The molecule has 0 bridgehead atoms. The number of nitrogens with zero attached hydrogens (tertiary/aromatic N) is 1. The first-order valence-corrected chi connectivity index (χ1v) is 6.35. The summed E-state index contributed by atoms with van der Waals surface area (Å²) in [5, 5.41) is 0. The molecule has 0 aromatic carbocycles. The summed E-state index contributed by atoms with van der Waals surface area (Å²) in [4.78, 5) is 2.51. The van der Waals surface area contributed by atoms with E-state index in [1.165, 1.54) is 13.0 Å². The molecule has 0 rings (SSSR count). The van der Waals surface area contributed by atoms with Gasteiger partial charge in [-0.25, -0.2) is 0 Å². The lowest BCUT2D eigenvalue weighted by atomic mass is 10.2. The number of hydrogen-bond donors (Lipinski definition) is 0. The second-order valence-electron chi connectivity index (χ2n) is 3.43. The fourth-order valence-electron chi connectivity index (χ4n) is 1.37. The molecule has 0 aliphatic rings. The summed E-state index contributed by atoms with van der Waals surface area (Å²) in [5.41, 5.74) is 0. The highest BCUT2D eigenvalue weighted by Crippen LogP contribution is 2.04. The highest BCUT2D eigenvalue weighted by Gasteiger charge is 2.10. The van der Waals surface area contributed by atoms with E-state index in [1.807, 2.05) is 27.7 Å². The number of hydrogen-bond acceptors (Lipinski definition) is 1. The summed E-state index contributed by atoms with van der Waals surface area (Å²) >= 11 is 0. The van der Waals surface area contributed by atoms with Crippen LogP contribution < -0.4 is 0 Å². The molecule has 1 heteroatoms. The van der Waals surface area contributed by atoms with Crippen molar-refractivity contribution in [1.82, 2.24) is 4.90 Å². The molecule has 0 heterocycles. The first-order chi connectivity index (χ1) is 6.59. The molecule has 0 radical (unpaired) electrons. The van der Waals surface area contributed by atoms with Crippen molar-refractivity contribution in [3.8, 4) is 0 Å². The second kappa shape index (κ2) is 15.4. The van der Waals surface area contributed by atoms with Gasteiger partial charge in [-0.1, -0.05) is 34.6 Å². The standard InChI is InChI=1S/C9H21N.2C2H6/c1-6-7-10(8(2)3)9(4)5;2*1-2/h8-9H,6-7H2,1-5H3;2*1-2H3. The largest absolute Gasteiger partial charge is 0.299 e. The van der Waals surface area contributed by atoms with Crippen LogP contribution in [0.2, 0.25) is 0 Å². The molecule has 0 fully saturated rings. The Labute approximate surface area is 92.9 Å². The minimum atomic E-state index is 0.694. The molecule has 0 atom stereocenters. The Bertz CT molecular complexity index is 69.3. The van der Waals surface area contributed by atoms with Crippen LogP contribution in [0.3, 0.4) is 0 Å². The normalized spacial score (nSPS) is 9.43. The van der Waals surface area contributed by atoms with Gasteiger partial charge in [0.2, 0.25) is 0 Å². The van der Waals surface area contributed by atoms with E-state index in [2.05, 4.69) is 39.5 Å². The Morgan fingerprint density at radius 1 is 0.786 bits per heavy atom. The van der Waals surface area contributed by atoms with Gasteiger partial charge in [0.25, 0.3) is 0 Å². The maximum Gasteiger partial charge on any atom is 0.00412 e. The first-order valence-electron chi connectivity index (χ1n) is 6.35. The molecule has 0 N–H and O–H groups in total. The van der Waals surface area contributed by atoms with Crippen LogP contribution in [-0.2, 0) is 0 Å². The zero-order valence-electron chi connectivity index (χ0n) is 12.0. The van der Waals surface area contributed by atoms with Crippen LogP contribution in [0.5, 0.6) is 0 Å². The van der Waals surface area contributed by atoms with E-state index in [4.69, 9.17) is 0 Å². The van der Waals surface area contributed by atoms with Crippen molar-refractivity contribution in [3.63, 3.8) is 0 Å². The Morgan fingerprint density at radius 2 is 1.07 bits per heavy atom. The lowest BCUT2D eigenvalue weighted by Crippen LogP contribution is -2.37. The van der Waals surface area contributed by atoms with E-state index in [1.54, 1.807) is 0 Å². The van der Waals surface area contributed by atoms with Crippen molar-refractivity contribution in [2.45, 2.75) is 80.8 Å². The summed E-state index contributed by atoms with van der Waals surface area (Å²) in [6.45, 7) is 20.5. The van der Waals surface area contributed by atoms with Crippen LogP contribution in [0.1, 0.15) is 68.7 Å². The fraction of sp³-hybridized carbons (Fsp3) is 1.00. The van der Waals surface area contributed by atoms with E-state index in [0.29, 0.717) is 12.1 Å². The van der Waals surface area contributed by atoms with Gasteiger partial charge in [-0.2, -0.15) is 0 Å². The zero-order chi connectivity index (χ0) is 12.1. The predicted octanol–water partition coefficient (Wildman–Crippen LogP) is 4.57.